The smallest absolute Gasteiger partial charge is 0.160 e. The number of thioether (sulfide) groups is 1. The number of hydrogen-bond donors (Lipinski definition) is 0. The molecule has 0 aromatic carbocycles. The molecule has 0 aliphatic carbocycles. The minimum Gasteiger partial charge on any atom is -0.160 e. The monoisotopic (exact) mass is 248 g/mol. The summed E-state index contributed by atoms with van der Waals surface area (Å²) < 4.78 is 35.0. The highest BCUT2D eigenvalue weighted by Gasteiger charge is 2.27. The molecule has 0 bridgehead atoms. The fourth-order valence-corrected chi connectivity index (χ4v) is 1.86. The van der Waals surface area contributed by atoms with Crippen molar-refractivity contribution in [3.63, 3.8) is 0 Å². The zero-order chi connectivity index (χ0) is 10.9. The van der Waals surface area contributed by atoms with Crippen LogP contribution in [0.1, 0.15) is 38.5 Å². The fraction of sp³-hybridized carbons (Fsp3) is 1.00. The summed E-state index contributed by atoms with van der Waals surface area (Å²) in [6, 6.07) is 0. The van der Waals surface area contributed by atoms with E-state index in [1.54, 1.807) is 0 Å². The Labute approximate surface area is 92.6 Å². The van der Waals surface area contributed by atoms with Crippen LogP contribution in [0.5, 0.6) is 0 Å². The number of hydrogen-bond acceptors (Lipinski definition) is 1. The van der Waals surface area contributed by atoms with Gasteiger partial charge in [-0.15, -0.1) is 11.6 Å². The lowest BCUT2D eigenvalue weighted by Gasteiger charge is -2.04. The van der Waals surface area contributed by atoms with Gasteiger partial charge in [0.15, 0.2) is 0 Å². The highest BCUT2D eigenvalue weighted by Crippen LogP contribution is 2.30. The molecule has 0 heterocycles. The Morgan fingerprint density at radius 1 is 0.857 bits per heavy atom. The average molecular weight is 249 g/mol. The molecular weight excluding hydrogens is 233 g/mol. The van der Waals surface area contributed by atoms with Gasteiger partial charge in [0.25, 0.3) is 0 Å². The van der Waals surface area contributed by atoms with Crippen LogP contribution in [0.2, 0.25) is 0 Å². The van der Waals surface area contributed by atoms with Gasteiger partial charge in [-0.25, -0.2) is 0 Å². The van der Waals surface area contributed by atoms with E-state index in [9.17, 15) is 13.2 Å². The van der Waals surface area contributed by atoms with Gasteiger partial charge in [0.05, 0.1) is 0 Å². The molecule has 0 rings (SSSR count). The molecule has 0 aromatic heterocycles. The third-order valence-corrected chi connectivity index (χ3v) is 2.88. The highest BCUT2D eigenvalue weighted by atomic mass is 35.5. The van der Waals surface area contributed by atoms with Gasteiger partial charge in [0, 0.05) is 11.6 Å². The third-order valence-electron chi connectivity index (χ3n) is 1.79. The first-order valence-electron chi connectivity index (χ1n) is 4.83. The largest absolute Gasteiger partial charge is 0.441 e. The summed E-state index contributed by atoms with van der Waals surface area (Å²) in [6.07, 6.45) is 5.77. The molecule has 0 N–H and O–H groups in total. The summed E-state index contributed by atoms with van der Waals surface area (Å²) in [4.78, 5) is 0. The lowest BCUT2D eigenvalue weighted by atomic mass is 10.1. The number of alkyl halides is 4. The van der Waals surface area contributed by atoms with Gasteiger partial charge in [-0.2, -0.15) is 13.2 Å². The summed E-state index contributed by atoms with van der Waals surface area (Å²) in [6.45, 7) is 0. The van der Waals surface area contributed by atoms with Crippen molar-refractivity contribution in [1.29, 1.82) is 0 Å². The number of rotatable bonds is 8. The first-order valence-corrected chi connectivity index (χ1v) is 6.35. The Bertz CT molecular complexity index is 128. The van der Waals surface area contributed by atoms with Crippen molar-refractivity contribution in [2.45, 2.75) is 44.0 Å². The number of halogens is 4. The van der Waals surface area contributed by atoms with Crippen LogP contribution in [-0.2, 0) is 0 Å². The topological polar surface area (TPSA) is 0 Å². The summed E-state index contributed by atoms with van der Waals surface area (Å²) in [5, 5.41) is 0. The SMILES string of the molecule is FC(F)(F)SCCCCCCCCCl. The van der Waals surface area contributed by atoms with Crippen LogP contribution in [0.25, 0.3) is 0 Å². The van der Waals surface area contributed by atoms with Crippen molar-refractivity contribution in [2.75, 3.05) is 11.6 Å². The van der Waals surface area contributed by atoms with E-state index in [1.807, 2.05) is 0 Å². The van der Waals surface area contributed by atoms with E-state index in [2.05, 4.69) is 0 Å². The quantitative estimate of drug-likeness (QED) is 0.438. The second-order valence-corrected chi connectivity index (χ2v) is 4.64. The molecule has 0 saturated heterocycles. The average Bonchev–Trinajstić information content (AvgIpc) is 2.08. The van der Waals surface area contributed by atoms with Crippen LogP contribution in [0.15, 0.2) is 0 Å². The molecule has 0 aliphatic rings. The van der Waals surface area contributed by atoms with Crippen molar-refractivity contribution in [2.24, 2.45) is 0 Å². The lowest BCUT2D eigenvalue weighted by molar-refractivity contribution is -0.0328. The molecular formula is C9H16ClF3S. The Kier molecular flexibility index (Phi) is 8.98. The minimum absolute atomic E-state index is 0.0808. The molecule has 0 radical (unpaired) electrons. The first-order chi connectivity index (χ1) is 6.56. The van der Waals surface area contributed by atoms with Gasteiger partial charge in [-0.3, -0.25) is 0 Å². The molecule has 86 valence electrons. The van der Waals surface area contributed by atoms with E-state index in [0.717, 1.165) is 32.1 Å². The van der Waals surface area contributed by atoms with E-state index < -0.39 is 5.51 Å². The summed E-state index contributed by atoms with van der Waals surface area (Å²) in [5.74, 6) is 0.878. The molecule has 14 heavy (non-hydrogen) atoms. The zero-order valence-electron chi connectivity index (χ0n) is 8.08. The maximum Gasteiger partial charge on any atom is 0.441 e. The van der Waals surface area contributed by atoms with Crippen molar-refractivity contribution >= 4 is 23.4 Å². The maximum absolute atomic E-state index is 11.7. The molecule has 0 saturated carbocycles. The third kappa shape index (κ3) is 12.4. The Morgan fingerprint density at radius 2 is 1.36 bits per heavy atom. The normalized spacial score (nSPS) is 12.0. The van der Waals surface area contributed by atoms with Crippen LogP contribution in [0.4, 0.5) is 13.2 Å². The summed E-state index contributed by atoms with van der Waals surface area (Å²) >= 11 is 5.57. The van der Waals surface area contributed by atoms with Crippen LogP contribution in [-0.4, -0.2) is 17.1 Å². The standard InChI is InChI=1S/C9H16ClF3S/c10-7-5-3-1-2-4-6-8-14-9(11,12)13/h1-8H2. The lowest BCUT2D eigenvalue weighted by Crippen LogP contribution is -2.01. The number of unbranched alkanes of at least 4 members (excludes halogenated alkanes) is 5. The van der Waals surface area contributed by atoms with Crippen molar-refractivity contribution in [3.8, 4) is 0 Å². The Hall–Kier alpha value is 0.430. The molecule has 5 heteroatoms. The molecule has 0 aromatic rings. The molecule has 0 amide bonds. The van der Waals surface area contributed by atoms with E-state index in [4.69, 9.17) is 11.6 Å². The van der Waals surface area contributed by atoms with Crippen LogP contribution < -0.4 is 0 Å². The van der Waals surface area contributed by atoms with E-state index in [-0.39, 0.29) is 17.5 Å². The minimum atomic E-state index is -4.06. The highest BCUT2D eigenvalue weighted by molar-refractivity contribution is 8.00. The molecule has 0 nitrogen and oxygen atoms in total. The molecule has 0 unspecified atom stereocenters. The molecule has 0 spiro atoms. The predicted molar refractivity (Wildman–Crippen MR) is 56.9 cm³/mol. The summed E-state index contributed by atoms with van der Waals surface area (Å²) in [7, 11) is 0. The Balaban J connectivity index is 2.99. The van der Waals surface area contributed by atoms with Gasteiger partial charge in [-0.1, -0.05) is 37.4 Å². The van der Waals surface area contributed by atoms with Crippen LogP contribution in [0.3, 0.4) is 0 Å². The molecule has 0 aliphatic heterocycles. The Morgan fingerprint density at radius 3 is 1.86 bits per heavy atom. The van der Waals surface area contributed by atoms with Gasteiger partial charge in [0.2, 0.25) is 0 Å². The van der Waals surface area contributed by atoms with Crippen LogP contribution in [0, 0.1) is 0 Å². The van der Waals surface area contributed by atoms with Crippen molar-refractivity contribution in [1.82, 2.24) is 0 Å². The van der Waals surface area contributed by atoms with E-state index in [1.165, 1.54) is 0 Å². The van der Waals surface area contributed by atoms with E-state index in [0.29, 0.717) is 12.3 Å². The van der Waals surface area contributed by atoms with Crippen LogP contribution >= 0.6 is 23.4 Å². The van der Waals surface area contributed by atoms with Gasteiger partial charge >= 0.3 is 5.51 Å². The molecule has 0 fully saturated rings. The maximum atomic E-state index is 11.7. The fourth-order valence-electron chi connectivity index (χ4n) is 1.09. The predicted octanol–water partition coefficient (Wildman–Crippen LogP) is 4.82. The van der Waals surface area contributed by atoms with Crippen molar-refractivity contribution in [3.05, 3.63) is 0 Å². The second-order valence-electron chi connectivity index (χ2n) is 3.10. The van der Waals surface area contributed by atoms with E-state index >= 15 is 0 Å². The van der Waals surface area contributed by atoms with Gasteiger partial charge < -0.3 is 0 Å². The molecule has 0 atom stereocenters. The first kappa shape index (κ1) is 14.4. The zero-order valence-corrected chi connectivity index (χ0v) is 9.65. The van der Waals surface area contributed by atoms with Crippen molar-refractivity contribution < 1.29 is 13.2 Å². The van der Waals surface area contributed by atoms with Gasteiger partial charge in [0.1, 0.15) is 0 Å². The second kappa shape index (κ2) is 8.72. The summed E-state index contributed by atoms with van der Waals surface area (Å²) in [5.41, 5.74) is -4.06. The van der Waals surface area contributed by atoms with Gasteiger partial charge in [-0.05, 0) is 12.8 Å².